The van der Waals surface area contributed by atoms with Gasteiger partial charge < -0.3 is 20.4 Å². The van der Waals surface area contributed by atoms with Crippen LogP contribution in [0.5, 0.6) is 0 Å². The number of aliphatic hydroxyl groups is 2. The van der Waals surface area contributed by atoms with Gasteiger partial charge in [-0.1, -0.05) is 41.0 Å². The molecule has 0 aliphatic rings. The number of nitrogens with zero attached hydrogens (tertiary/aromatic N) is 2. The molecule has 2 aromatic heterocycles. The molecule has 40 heavy (non-hydrogen) atoms. The van der Waals surface area contributed by atoms with Crippen molar-refractivity contribution in [2.24, 2.45) is 0 Å². The maximum absolute atomic E-state index is 10.2. The first-order chi connectivity index (χ1) is 19.1. The largest absolute Gasteiger partial charge is 0.478 e. The van der Waals surface area contributed by atoms with Crippen molar-refractivity contribution in [2.45, 2.75) is 66.2 Å². The Balaban J connectivity index is 0.000000681. The summed E-state index contributed by atoms with van der Waals surface area (Å²) >= 11 is 0. The van der Waals surface area contributed by atoms with Gasteiger partial charge in [0.1, 0.15) is 0 Å². The first-order valence-electron chi connectivity index (χ1n) is 13.2. The van der Waals surface area contributed by atoms with Gasteiger partial charge in [-0.05, 0) is 96.1 Å². The molecule has 0 amide bonds. The number of aliphatic hydroxyl groups excluding tert-OH is 2. The molecule has 0 bridgehead atoms. The molecule has 2 heterocycles. The molecular formula is C32H44N2O6. The molecule has 0 fully saturated rings. The molecule has 2 rings (SSSR count). The van der Waals surface area contributed by atoms with Crippen LogP contribution in [0.3, 0.4) is 0 Å². The van der Waals surface area contributed by atoms with Crippen LogP contribution in [-0.2, 0) is 0 Å². The van der Waals surface area contributed by atoms with E-state index in [0.717, 1.165) is 44.1 Å². The fraction of sp³-hybridized carbons (Fsp3) is 0.375. The predicted molar refractivity (Wildman–Crippen MR) is 159 cm³/mol. The van der Waals surface area contributed by atoms with Crippen molar-refractivity contribution >= 4 is 11.9 Å². The summed E-state index contributed by atoms with van der Waals surface area (Å²) in [7, 11) is 0. The van der Waals surface area contributed by atoms with E-state index in [2.05, 4.69) is 49.0 Å². The Labute approximate surface area is 238 Å². The highest BCUT2D eigenvalue weighted by Gasteiger charge is 1.99. The molecule has 0 aliphatic carbocycles. The Morgan fingerprint density at radius 3 is 1.45 bits per heavy atom. The van der Waals surface area contributed by atoms with Gasteiger partial charge in [-0.15, -0.1) is 0 Å². The van der Waals surface area contributed by atoms with Crippen molar-refractivity contribution in [1.82, 2.24) is 9.97 Å². The van der Waals surface area contributed by atoms with Gasteiger partial charge >= 0.3 is 11.9 Å². The molecule has 0 saturated heterocycles. The monoisotopic (exact) mass is 552 g/mol. The smallest absolute Gasteiger partial charge is 0.335 e. The lowest BCUT2D eigenvalue weighted by molar-refractivity contribution is 0.0686. The fourth-order valence-electron chi connectivity index (χ4n) is 3.19. The summed E-state index contributed by atoms with van der Waals surface area (Å²) in [5, 5.41) is 34.9. The Hall–Kier alpha value is -3.88. The molecule has 0 radical (unpaired) electrons. The number of carbonyl (C=O) groups is 2. The van der Waals surface area contributed by atoms with Crippen LogP contribution in [0.4, 0.5) is 0 Å². The molecule has 0 saturated carbocycles. The highest BCUT2D eigenvalue weighted by atomic mass is 16.4. The van der Waals surface area contributed by atoms with Crippen LogP contribution in [0.25, 0.3) is 0 Å². The van der Waals surface area contributed by atoms with Crippen molar-refractivity contribution in [3.8, 4) is 0 Å². The zero-order valence-corrected chi connectivity index (χ0v) is 24.1. The van der Waals surface area contributed by atoms with E-state index in [1.54, 1.807) is 0 Å². The van der Waals surface area contributed by atoms with Gasteiger partial charge in [0, 0.05) is 24.8 Å². The van der Waals surface area contributed by atoms with Crippen LogP contribution < -0.4 is 0 Å². The van der Waals surface area contributed by atoms with Gasteiger partial charge in [-0.2, -0.15) is 0 Å². The van der Waals surface area contributed by atoms with Crippen LogP contribution in [-0.4, -0.2) is 55.5 Å². The van der Waals surface area contributed by atoms with Crippen LogP contribution in [0.1, 0.15) is 86.9 Å². The molecule has 8 heteroatoms. The average Bonchev–Trinajstić information content (AvgIpc) is 2.94. The number of allylic oxidation sites excluding steroid dienone is 6. The number of rotatable bonds is 13. The second kappa shape index (κ2) is 23.0. The second-order valence-corrected chi connectivity index (χ2v) is 9.28. The quantitative estimate of drug-likeness (QED) is 0.202. The summed E-state index contributed by atoms with van der Waals surface area (Å²) < 4.78 is 0. The molecule has 0 aliphatic heterocycles. The summed E-state index contributed by atoms with van der Waals surface area (Å²) in [4.78, 5) is 27.7. The number of carboxylic acids is 2. The maximum Gasteiger partial charge on any atom is 0.335 e. The Morgan fingerprint density at radius 1 is 0.650 bits per heavy atom. The highest BCUT2D eigenvalue weighted by molar-refractivity contribution is 5.87. The Morgan fingerprint density at radius 2 is 1.07 bits per heavy atom. The van der Waals surface area contributed by atoms with Crippen LogP contribution in [0.2, 0.25) is 0 Å². The maximum atomic E-state index is 10.2. The number of pyridine rings is 2. The average molecular weight is 553 g/mol. The van der Waals surface area contributed by atoms with Gasteiger partial charge in [0.25, 0.3) is 0 Å². The van der Waals surface area contributed by atoms with E-state index in [0.29, 0.717) is 0 Å². The Bertz CT molecular complexity index is 1050. The summed E-state index contributed by atoms with van der Waals surface area (Å²) in [5.41, 5.74) is 5.66. The van der Waals surface area contributed by atoms with Gasteiger partial charge in [0.2, 0.25) is 0 Å². The topological polar surface area (TPSA) is 141 Å². The van der Waals surface area contributed by atoms with Gasteiger partial charge in [-0.3, -0.25) is 9.97 Å². The van der Waals surface area contributed by atoms with Gasteiger partial charge in [0.15, 0.2) is 0 Å². The van der Waals surface area contributed by atoms with E-state index >= 15 is 0 Å². The molecule has 0 aromatic carbocycles. The van der Waals surface area contributed by atoms with Crippen molar-refractivity contribution < 1.29 is 30.0 Å². The SMILES string of the molecule is CC(C)=CCC/C(C)=C/CC/C(=C\CC/C(C)=C/CO)CO.O=C(O)c1ccncc1.O=C(O)c1ccncc1. The lowest BCUT2D eigenvalue weighted by Crippen LogP contribution is -1.94. The van der Waals surface area contributed by atoms with Crippen molar-refractivity contribution in [2.75, 3.05) is 13.2 Å². The van der Waals surface area contributed by atoms with E-state index in [9.17, 15) is 14.7 Å². The third-order valence-electron chi connectivity index (χ3n) is 5.52. The molecule has 0 unspecified atom stereocenters. The lowest BCUT2D eigenvalue weighted by Gasteiger charge is -2.04. The Kier molecular flexibility index (Phi) is 20.8. The summed E-state index contributed by atoms with van der Waals surface area (Å²) in [6.07, 6.45) is 20.4. The lowest BCUT2D eigenvalue weighted by atomic mass is 10.0. The number of carboxylic acid groups (broad SMARTS) is 2. The molecule has 218 valence electrons. The van der Waals surface area contributed by atoms with E-state index < -0.39 is 11.9 Å². The molecule has 0 atom stereocenters. The summed E-state index contributed by atoms with van der Waals surface area (Å²) in [6.45, 7) is 8.74. The first-order valence-corrected chi connectivity index (χ1v) is 13.2. The molecule has 0 spiro atoms. The molecule has 8 nitrogen and oxygen atoms in total. The minimum atomic E-state index is -0.919. The predicted octanol–water partition coefficient (Wildman–Crippen LogP) is 6.66. The van der Waals surface area contributed by atoms with Crippen LogP contribution >= 0.6 is 0 Å². The molecule has 4 N–H and O–H groups in total. The number of aromatic carboxylic acids is 2. The first kappa shape index (κ1) is 36.1. The molecular weight excluding hydrogens is 508 g/mol. The third kappa shape index (κ3) is 20.1. The van der Waals surface area contributed by atoms with Gasteiger partial charge in [-0.25, -0.2) is 9.59 Å². The second-order valence-electron chi connectivity index (χ2n) is 9.28. The van der Waals surface area contributed by atoms with E-state index in [4.69, 9.17) is 15.3 Å². The highest BCUT2D eigenvalue weighted by Crippen LogP contribution is 2.13. The van der Waals surface area contributed by atoms with Crippen molar-refractivity contribution in [3.05, 3.63) is 107 Å². The van der Waals surface area contributed by atoms with E-state index in [1.165, 1.54) is 65.8 Å². The number of hydrogen-bond acceptors (Lipinski definition) is 6. The minimum absolute atomic E-state index is 0.110. The fourth-order valence-corrected chi connectivity index (χ4v) is 3.19. The minimum Gasteiger partial charge on any atom is -0.478 e. The van der Waals surface area contributed by atoms with Crippen LogP contribution in [0.15, 0.2) is 95.6 Å². The zero-order chi connectivity index (χ0) is 30.2. The number of hydrogen-bond donors (Lipinski definition) is 4. The molecule has 2 aromatic rings. The van der Waals surface area contributed by atoms with Crippen LogP contribution in [0, 0.1) is 0 Å². The number of aromatic nitrogens is 2. The normalized spacial score (nSPS) is 11.4. The van der Waals surface area contributed by atoms with E-state index in [-0.39, 0.29) is 24.3 Å². The van der Waals surface area contributed by atoms with Crippen molar-refractivity contribution in [1.29, 1.82) is 0 Å². The van der Waals surface area contributed by atoms with E-state index in [1.807, 2.05) is 13.0 Å². The standard InChI is InChI=1S/C20H34O2.2C6H5NO2/c1-17(2)8-5-9-18(3)10-6-12-20(16-22)13-7-11-19(4)14-15-21;2*8-6(9)5-1-3-7-4-2-5/h8,10,13-14,21-22H,5-7,9,11-12,15-16H2,1-4H3;2*1-4H,(H,8,9)/b18-10+,19-14+,20-13+;;. The summed E-state index contributed by atoms with van der Waals surface area (Å²) in [5.74, 6) is -1.84. The van der Waals surface area contributed by atoms with Crippen molar-refractivity contribution in [3.63, 3.8) is 0 Å². The third-order valence-corrected chi connectivity index (χ3v) is 5.52. The summed E-state index contributed by atoms with van der Waals surface area (Å²) in [6, 6.07) is 5.79. The zero-order valence-electron chi connectivity index (χ0n) is 24.1. The van der Waals surface area contributed by atoms with Gasteiger partial charge in [0.05, 0.1) is 24.3 Å².